The zero-order valence-corrected chi connectivity index (χ0v) is 13.1. The highest BCUT2D eigenvalue weighted by Crippen LogP contribution is 2.24. The van der Waals surface area contributed by atoms with Crippen molar-refractivity contribution in [1.82, 2.24) is 0 Å². The van der Waals surface area contributed by atoms with Crippen LogP contribution in [0.25, 0.3) is 0 Å². The Hall–Kier alpha value is -1.13. The fraction of sp³-hybridized carbons (Fsp3) is 0.533. The second-order valence-corrected chi connectivity index (χ2v) is 5.25. The van der Waals surface area contributed by atoms with Crippen LogP contribution in [0.1, 0.15) is 31.4 Å². The molecule has 0 amide bonds. The summed E-state index contributed by atoms with van der Waals surface area (Å²) in [6.45, 7) is 8.14. The number of benzene rings is 1. The molecule has 106 valence electrons. The molecule has 0 fully saturated rings. The normalized spacial score (nSPS) is 12.2. The summed E-state index contributed by atoms with van der Waals surface area (Å²) in [7, 11) is 1.73. The number of nitrogens with zero attached hydrogens (tertiary/aromatic N) is 1. The van der Waals surface area contributed by atoms with Crippen molar-refractivity contribution in [3.05, 3.63) is 29.3 Å². The predicted octanol–water partition coefficient (Wildman–Crippen LogP) is 2.88. The van der Waals surface area contributed by atoms with E-state index in [1.54, 1.807) is 7.11 Å². The molecule has 0 aliphatic rings. The summed E-state index contributed by atoms with van der Waals surface area (Å²) in [6.07, 6.45) is 1.10. The Balaban J connectivity index is 3.04. The summed E-state index contributed by atoms with van der Waals surface area (Å²) in [6, 6.07) is 6.63. The van der Waals surface area contributed by atoms with Gasteiger partial charge in [-0.2, -0.15) is 0 Å². The van der Waals surface area contributed by atoms with Gasteiger partial charge >= 0.3 is 0 Å². The van der Waals surface area contributed by atoms with Crippen LogP contribution in [0.3, 0.4) is 0 Å². The molecular weight excluding hydrogens is 256 g/mol. The second kappa shape index (κ2) is 7.46. The van der Waals surface area contributed by atoms with Crippen molar-refractivity contribution < 1.29 is 4.74 Å². The van der Waals surface area contributed by atoms with Gasteiger partial charge in [-0.1, -0.05) is 19.1 Å². The smallest absolute Gasteiger partial charge is 0.103 e. The van der Waals surface area contributed by atoms with Crippen LogP contribution in [0.5, 0.6) is 0 Å². The van der Waals surface area contributed by atoms with Crippen molar-refractivity contribution in [3.63, 3.8) is 0 Å². The average molecular weight is 280 g/mol. The van der Waals surface area contributed by atoms with Gasteiger partial charge in [0.05, 0.1) is 6.61 Å². The van der Waals surface area contributed by atoms with E-state index in [1.165, 1.54) is 11.3 Å². The first-order valence-corrected chi connectivity index (χ1v) is 7.08. The molecule has 1 aromatic carbocycles. The number of hydrogen-bond donors (Lipinski definition) is 1. The number of nitrogens with two attached hydrogens (primary N) is 1. The molecule has 1 rings (SSSR count). The van der Waals surface area contributed by atoms with E-state index in [4.69, 9.17) is 22.7 Å². The van der Waals surface area contributed by atoms with Crippen LogP contribution in [0, 0.1) is 6.92 Å². The second-order valence-electron chi connectivity index (χ2n) is 4.81. The number of anilines is 1. The van der Waals surface area contributed by atoms with Crippen molar-refractivity contribution in [1.29, 1.82) is 0 Å². The summed E-state index contributed by atoms with van der Waals surface area (Å²) < 4.78 is 5.21. The molecule has 0 saturated carbocycles. The van der Waals surface area contributed by atoms with E-state index in [1.807, 2.05) is 6.07 Å². The Bertz CT molecular complexity index is 434. The van der Waals surface area contributed by atoms with Crippen molar-refractivity contribution in [2.75, 3.05) is 25.2 Å². The Kier molecular flexibility index (Phi) is 6.25. The lowest BCUT2D eigenvalue weighted by atomic mass is 10.1. The monoisotopic (exact) mass is 280 g/mol. The highest BCUT2D eigenvalue weighted by Gasteiger charge is 2.15. The van der Waals surface area contributed by atoms with Gasteiger partial charge in [-0.25, -0.2) is 0 Å². The van der Waals surface area contributed by atoms with E-state index < -0.39 is 0 Å². The Morgan fingerprint density at radius 1 is 1.47 bits per heavy atom. The maximum Gasteiger partial charge on any atom is 0.103 e. The predicted molar refractivity (Wildman–Crippen MR) is 86.0 cm³/mol. The summed E-state index contributed by atoms with van der Waals surface area (Å²) >= 11 is 5.02. The van der Waals surface area contributed by atoms with Gasteiger partial charge in [0.2, 0.25) is 0 Å². The van der Waals surface area contributed by atoms with E-state index in [2.05, 4.69) is 37.8 Å². The van der Waals surface area contributed by atoms with Gasteiger partial charge in [0.15, 0.2) is 0 Å². The first-order chi connectivity index (χ1) is 9.01. The van der Waals surface area contributed by atoms with Crippen molar-refractivity contribution >= 4 is 22.9 Å². The lowest BCUT2D eigenvalue weighted by Gasteiger charge is -2.32. The molecule has 0 saturated heterocycles. The molecule has 0 bridgehead atoms. The fourth-order valence-corrected chi connectivity index (χ4v) is 2.25. The summed E-state index contributed by atoms with van der Waals surface area (Å²) in [5, 5.41) is 0. The molecule has 0 spiro atoms. The largest absolute Gasteiger partial charge is 0.389 e. The Morgan fingerprint density at radius 3 is 2.63 bits per heavy atom. The molecule has 1 atom stereocenters. The molecule has 19 heavy (non-hydrogen) atoms. The number of methoxy groups -OCH3 is 1. The number of thiocarbonyl (C=S) groups is 1. The molecule has 0 aliphatic heterocycles. The lowest BCUT2D eigenvalue weighted by Crippen LogP contribution is -2.36. The highest BCUT2D eigenvalue weighted by atomic mass is 32.1. The van der Waals surface area contributed by atoms with Crippen molar-refractivity contribution in [2.45, 2.75) is 33.2 Å². The molecule has 0 aromatic heterocycles. The molecule has 1 unspecified atom stereocenters. The van der Waals surface area contributed by atoms with Gasteiger partial charge < -0.3 is 15.4 Å². The minimum absolute atomic E-state index is 0.446. The van der Waals surface area contributed by atoms with Gasteiger partial charge in [0.25, 0.3) is 0 Å². The van der Waals surface area contributed by atoms with Gasteiger partial charge in [-0.05, 0) is 44.0 Å². The maximum atomic E-state index is 5.67. The van der Waals surface area contributed by atoms with Crippen LogP contribution < -0.4 is 10.6 Å². The average Bonchev–Trinajstić information content (AvgIpc) is 2.39. The van der Waals surface area contributed by atoms with E-state index in [0.717, 1.165) is 25.1 Å². The third-order valence-corrected chi connectivity index (χ3v) is 3.69. The van der Waals surface area contributed by atoms with E-state index in [0.29, 0.717) is 11.0 Å². The van der Waals surface area contributed by atoms with Gasteiger partial charge in [-0.15, -0.1) is 0 Å². The molecule has 0 heterocycles. The quantitative estimate of drug-likeness (QED) is 0.780. The number of rotatable bonds is 7. The molecule has 2 N–H and O–H groups in total. The third-order valence-electron chi connectivity index (χ3n) is 3.45. The van der Waals surface area contributed by atoms with Crippen LogP contribution in [0.2, 0.25) is 0 Å². The van der Waals surface area contributed by atoms with E-state index >= 15 is 0 Å². The van der Waals surface area contributed by atoms with Crippen LogP contribution in [-0.4, -0.2) is 31.3 Å². The van der Waals surface area contributed by atoms with Crippen LogP contribution in [0.4, 0.5) is 5.69 Å². The topological polar surface area (TPSA) is 38.5 Å². The van der Waals surface area contributed by atoms with Gasteiger partial charge in [0, 0.05) is 30.9 Å². The summed E-state index contributed by atoms with van der Waals surface area (Å²) in [5.41, 5.74) is 9.02. The lowest BCUT2D eigenvalue weighted by molar-refractivity contribution is 0.203. The molecular formula is C15H24N2OS. The summed E-state index contributed by atoms with van der Waals surface area (Å²) in [4.78, 5) is 2.82. The van der Waals surface area contributed by atoms with Crippen LogP contribution >= 0.6 is 12.2 Å². The number of hydrogen-bond acceptors (Lipinski definition) is 3. The first-order valence-electron chi connectivity index (χ1n) is 6.67. The SMILES string of the molecule is CCC(C)N(CCOC)c1ccc(C(N)=S)cc1C. The Labute approximate surface area is 121 Å². The van der Waals surface area contributed by atoms with E-state index in [-0.39, 0.29) is 0 Å². The maximum absolute atomic E-state index is 5.67. The standard InChI is InChI=1S/C15H24N2OS/c1-5-12(3)17(8-9-18-4)14-7-6-13(15(16)19)10-11(14)2/h6-7,10,12H,5,8-9H2,1-4H3,(H2,16,19). The third kappa shape index (κ3) is 4.18. The molecule has 1 aromatic rings. The first kappa shape index (κ1) is 15.9. The fourth-order valence-electron chi connectivity index (χ4n) is 2.12. The van der Waals surface area contributed by atoms with Crippen LogP contribution in [-0.2, 0) is 4.74 Å². The minimum atomic E-state index is 0.446. The Morgan fingerprint density at radius 2 is 2.16 bits per heavy atom. The number of aryl methyl sites for hydroxylation is 1. The molecule has 4 heteroatoms. The van der Waals surface area contributed by atoms with Crippen molar-refractivity contribution in [2.24, 2.45) is 5.73 Å². The molecule has 3 nitrogen and oxygen atoms in total. The molecule has 0 radical (unpaired) electrons. The minimum Gasteiger partial charge on any atom is -0.389 e. The summed E-state index contributed by atoms with van der Waals surface area (Å²) in [5.74, 6) is 0. The zero-order chi connectivity index (χ0) is 14.4. The molecule has 0 aliphatic carbocycles. The highest BCUT2D eigenvalue weighted by molar-refractivity contribution is 7.80. The number of ether oxygens (including phenoxy) is 1. The van der Waals surface area contributed by atoms with Gasteiger partial charge in [0.1, 0.15) is 4.99 Å². The van der Waals surface area contributed by atoms with Crippen molar-refractivity contribution in [3.8, 4) is 0 Å². The van der Waals surface area contributed by atoms with Crippen LogP contribution in [0.15, 0.2) is 18.2 Å². The zero-order valence-electron chi connectivity index (χ0n) is 12.3. The van der Waals surface area contributed by atoms with E-state index in [9.17, 15) is 0 Å². The van der Waals surface area contributed by atoms with Gasteiger partial charge in [-0.3, -0.25) is 0 Å².